The van der Waals surface area contributed by atoms with E-state index in [0.29, 0.717) is 6.42 Å². The van der Waals surface area contributed by atoms with Crippen LogP contribution in [-0.4, -0.2) is 48.1 Å². The van der Waals surface area contributed by atoms with E-state index in [1.165, 1.54) is 0 Å². The smallest absolute Gasteiger partial charge is 0.262 e. The van der Waals surface area contributed by atoms with Crippen molar-refractivity contribution in [1.29, 1.82) is 0 Å². The molecule has 6 heteroatoms. The third-order valence-electron chi connectivity index (χ3n) is 5.96. The summed E-state index contributed by atoms with van der Waals surface area (Å²) < 4.78 is 5.34. The molecule has 0 spiro atoms. The molecule has 1 heterocycles. The van der Waals surface area contributed by atoms with E-state index in [2.05, 4.69) is 5.10 Å². The van der Waals surface area contributed by atoms with E-state index in [9.17, 15) is 9.59 Å². The van der Waals surface area contributed by atoms with Gasteiger partial charge in [-0.15, -0.1) is 0 Å². The maximum atomic E-state index is 13.2. The molecule has 0 bridgehead atoms. The van der Waals surface area contributed by atoms with Gasteiger partial charge in [0.25, 0.3) is 5.91 Å². The molecule has 0 radical (unpaired) electrons. The van der Waals surface area contributed by atoms with Crippen molar-refractivity contribution in [2.45, 2.75) is 31.7 Å². The molecule has 1 saturated carbocycles. The number of carbonyl (C=O) groups excluding carboxylic acids is 2. The van der Waals surface area contributed by atoms with Crippen molar-refractivity contribution < 1.29 is 14.3 Å². The number of hydrogen-bond acceptors (Lipinski definition) is 4. The number of methoxy groups -OCH3 is 1. The van der Waals surface area contributed by atoms with Crippen molar-refractivity contribution in [2.24, 2.45) is 11.0 Å². The number of rotatable bonds is 6. The van der Waals surface area contributed by atoms with E-state index < -0.39 is 0 Å². The first kappa shape index (κ1) is 20.1. The van der Waals surface area contributed by atoms with Crippen LogP contribution in [0, 0.1) is 5.92 Å². The van der Waals surface area contributed by atoms with Crippen molar-refractivity contribution in [3.63, 3.8) is 0 Å². The van der Waals surface area contributed by atoms with E-state index >= 15 is 0 Å². The largest absolute Gasteiger partial charge is 0.497 e. The molecule has 1 aliphatic carbocycles. The highest BCUT2D eigenvalue weighted by molar-refractivity contribution is 6.03. The van der Waals surface area contributed by atoms with Crippen LogP contribution in [0.25, 0.3) is 0 Å². The molecule has 0 N–H and O–H groups in total. The summed E-state index contributed by atoms with van der Waals surface area (Å²) in [6, 6.07) is 17.4. The number of benzene rings is 2. The zero-order valence-electron chi connectivity index (χ0n) is 17.5. The molecule has 1 atom stereocenters. The third-order valence-corrected chi connectivity index (χ3v) is 5.96. The second kappa shape index (κ2) is 8.69. The Kier molecular flexibility index (Phi) is 5.84. The SMILES string of the molecule is COc1cccc(C2=NN(C(=O)CN(C)C(=O)C3CCC3)[C@H](c3ccccc3)C2)c1. The van der Waals surface area contributed by atoms with Crippen molar-refractivity contribution >= 4 is 17.5 Å². The second-order valence-corrected chi connectivity index (χ2v) is 7.97. The summed E-state index contributed by atoms with van der Waals surface area (Å²) in [6.07, 6.45) is 3.55. The van der Waals surface area contributed by atoms with Crippen LogP contribution in [0.3, 0.4) is 0 Å². The van der Waals surface area contributed by atoms with Crippen LogP contribution in [0.4, 0.5) is 0 Å². The summed E-state index contributed by atoms with van der Waals surface area (Å²) in [6.45, 7) is 0.0353. The van der Waals surface area contributed by atoms with Gasteiger partial charge in [0.05, 0.1) is 18.9 Å². The van der Waals surface area contributed by atoms with Crippen molar-refractivity contribution in [3.05, 3.63) is 65.7 Å². The number of ether oxygens (including phenoxy) is 1. The van der Waals surface area contributed by atoms with Crippen LogP contribution in [0.1, 0.15) is 42.9 Å². The van der Waals surface area contributed by atoms with Gasteiger partial charge in [0.15, 0.2) is 0 Å². The zero-order chi connectivity index (χ0) is 21.1. The van der Waals surface area contributed by atoms with Gasteiger partial charge in [-0.25, -0.2) is 5.01 Å². The molecule has 0 saturated heterocycles. The number of carbonyl (C=O) groups is 2. The van der Waals surface area contributed by atoms with E-state index in [4.69, 9.17) is 4.74 Å². The number of nitrogens with zero attached hydrogens (tertiary/aromatic N) is 3. The van der Waals surface area contributed by atoms with Crippen LogP contribution in [0.15, 0.2) is 59.7 Å². The van der Waals surface area contributed by atoms with Crippen LogP contribution in [-0.2, 0) is 9.59 Å². The Morgan fingerprint density at radius 3 is 2.57 bits per heavy atom. The first-order valence-corrected chi connectivity index (χ1v) is 10.4. The molecule has 30 heavy (non-hydrogen) atoms. The summed E-state index contributed by atoms with van der Waals surface area (Å²) >= 11 is 0. The molecule has 4 rings (SSSR count). The molecule has 6 nitrogen and oxygen atoms in total. The van der Waals surface area contributed by atoms with E-state index in [1.807, 2.05) is 54.6 Å². The molecule has 2 aromatic rings. The lowest BCUT2D eigenvalue weighted by Gasteiger charge is -2.30. The molecule has 0 unspecified atom stereocenters. The first-order valence-electron chi connectivity index (χ1n) is 10.4. The predicted molar refractivity (Wildman–Crippen MR) is 115 cm³/mol. The lowest BCUT2D eigenvalue weighted by atomic mass is 9.84. The molecule has 1 fully saturated rings. The van der Waals surface area contributed by atoms with Gasteiger partial charge >= 0.3 is 0 Å². The summed E-state index contributed by atoms with van der Waals surface area (Å²) in [7, 11) is 3.34. The summed E-state index contributed by atoms with van der Waals surface area (Å²) in [5, 5.41) is 6.24. The average Bonchev–Trinajstić information content (AvgIpc) is 3.19. The van der Waals surface area contributed by atoms with Gasteiger partial charge in [-0.3, -0.25) is 9.59 Å². The Labute approximate surface area is 177 Å². The van der Waals surface area contributed by atoms with Gasteiger partial charge in [0, 0.05) is 24.9 Å². The fourth-order valence-corrected chi connectivity index (χ4v) is 3.97. The standard InChI is InChI=1S/C24H27N3O3/c1-26(24(29)18-10-6-11-18)16-23(28)27-22(17-8-4-3-5-9-17)15-21(25-27)19-12-7-13-20(14-19)30-2/h3-5,7-9,12-14,18,22H,6,10-11,15-16H2,1-2H3/t22-/m0/s1. The Hall–Kier alpha value is -3.15. The van der Waals surface area contributed by atoms with Gasteiger partial charge < -0.3 is 9.64 Å². The molecular formula is C24H27N3O3. The van der Waals surface area contributed by atoms with Gasteiger partial charge in [-0.1, -0.05) is 48.9 Å². The normalized spacial score (nSPS) is 18.5. The van der Waals surface area contributed by atoms with E-state index in [-0.39, 0.29) is 30.3 Å². The highest BCUT2D eigenvalue weighted by Crippen LogP contribution is 2.34. The molecule has 2 amide bonds. The molecule has 2 aromatic carbocycles. The Morgan fingerprint density at radius 1 is 1.13 bits per heavy atom. The van der Waals surface area contributed by atoms with Gasteiger partial charge in [0.1, 0.15) is 12.3 Å². The van der Waals surface area contributed by atoms with Crippen LogP contribution < -0.4 is 4.74 Å². The van der Waals surface area contributed by atoms with Gasteiger partial charge in [0.2, 0.25) is 5.91 Å². The number of amides is 2. The van der Waals surface area contributed by atoms with Crippen LogP contribution in [0.2, 0.25) is 0 Å². The topological polar surface area (TPSA) is 62.2 Å². The summed E-state index contributed by atoms with van der Waals surface area (Å²) in [5.41, 5.74) is 2.80. The number of hydrazone groups is 1. The van der Waals surface area contributed by atoms with E-state index in [1.54, 1.807) is 24.1 Å². The maximum absolute atomic E-state index is 13.2. The lowest BCUT2D eigenvalue weighted by molar-refractivity contribution is -0.144. The number of hydrogen-bond donors (Lipinski definition) is 0. The van der Waals surface area contributed by atoms with Crippen molar-refractivity contribution in [1.82, 2.24) is 9.91 Å². The highest BCUT2D eigenvalue weighted by atomic mass is 16.5. The average molecular weight is 405 g/mol. The second-order valence-electron chi connectivity index (χ2n) is 7.97. The van der Waals surface area contributed by atoms with Gasteiger partial charge in [-0.05, 0) is 30.5 Å². The number of likely N-dealkylation sites (N-methyl/N-ethyl adjacent to an activating group) is 1. The summed E-state index contributed by atoms with van der Waals surface area (Å²) in [5.74, 6) is 0.711. The molecule has 0 aromatic heterocycles. The fourth-order valence-electron chi connectivity index (χ4n) is 3.97. The molecule has 2 aliphatic rings. The molecule has 156 valence electrons. The van der Waals surface area contributed by atoms with Crippen LogP contribution in [0.5, 0.6) is 5.75 Å². The Morgan fingerprint density at radius 2 is 1.90 bits per heavy atom. The van der Waals surface area contributed by atoms with Crippen molar-refractivity contribution in [2.75, 3.05) is 20.7 Å². The fraction of sp³-hybridized carbons (Fsp3) is 0.375. The summed E-state index contributed by atoms with van der Waals surface area (Å²) in [4.78, 5) is 27.2. The third kappa shape index (κ3) is 4.08. The Bertz CT molecular complexity index is 953. The molecule has 1 aliphatic heterocycles. The minimum absolute atomic E-state index is 0.0353. The van der Waals surface area contributed by atoms with Crippen molar-refractivity contribution in [3.8, 4) is 5.75 Å². The highest BCUT2D eigenvalue weighted by Gasteiger charge is 2.35. The monoisotopic (exact) mass is 405 g/mol. The van der Waals surface area contributed by atoms with Crippen LogP contribution >= 0.6 is 0 Å². The molecular weight excluding hydrogens is 378 g/mol. The van der Waals surface area contributed by atoms with E-state index in [0.717, 1.165) is 41.9 Å². The Balaban J connectivity index is 1.58. The quantitative estimate of drug-likeness (QED) is 0.737. The minimum atomic E-state index is -0.188. The minimum Gasteiger partial charge on any atom is -0.497 e. The first-order chi connectivity index (χ1) is 14.6. The lowest BCUT2D eigenvalue weighted by Crippen LogP contribution is -2.42. The zero-order valence-corrected chi connectivity index (χ0v) is 17.5. The predicted octanol–water partition coefficient (Wildman–Crippen LogP) is 3.63. The van der Waals surface area contributed by atoms with Gasteiger partial charge in [-0.2, -0.15) is 5.10 Å². The maximum Gasteiger partial charge on any atom is 0.262 e.